The van der Waals surface area contributed by atoms with Gasteiger partial charge in [-0.25, -0.2) is 0 Å². The predicted octanol–water partition coefficient (Wildman–Crippen LogP) is 1.43. The monoisotopic (exact) mass is 330 g/mol. The molecular weight excluding hydrogens is 312 g/mol. The number of benzene rings is 1. The van der Waals surface area contributed by atoms with Gasteiger partial charge in [0.25, 0.3) is 5.91 Å². The van der Waals surface area contributed by atoms with Crippen LogP contribution < -0.4 is 14.8 Å². The highest BCUT2D eigenvalue weighted by Gasteiger charge is 2.19. The lowest BCUT2D eigenvalue weighted by Gasteiger charge is -2.15. The molecule has 0 saturated heterocycles. The molecule has 2 amide bonds. The van der Waals surface area contributed by atoms with E-state index in [1.54, 1.807) is 32.3 Å². The molecule has 1 aromatic heterocycles. The van der Waals surface area contributed by atoms with Crippen LogP contribution >= 0.6 is 0 Å². The Hall–Kier alpha value is -3.16. The summed E-state index contributed by atoms with van der Waals surface area (Å²) in [5, 5.41) is 2.55. The van der Waals surface area contributed by atoms with Crippen LogP contribution in [0.2, 0.25) is 0 Å². The summed E-state index contributed by atoms with van der Waals surface area (Å²) < 4.78 is 10.3. The van der Waals surface area contributed by atoms with Crippen LogP contribution in [0, 0.1) is 0 Å². The summed E-state index contributed by atoms with van der Waals surface area (Å²) in [5.41, 5.74) is 1.37. The van der Waals surface area contributed by atoms with E-state index in [0.717, 1.165) is 0 Å². The maximum Gasteiger partial charge on any atom is 0.254 e. The number of carbonyl (C=O) groups excluding carboxylic acids is 2. The Bertz CT molecular complexity index is 739. The van der Waals surface area contributed by atoms with E-state index in [2.05, 4.69) is 15.3 Å². The van der Waals surface area contributed by atoms with Gasteiger partial charge in [0.1, 0.15) is 0 Å². The summed E-state index contributed by atoms with van der Waals surface area (Å²) in [6.45, 7) is 0. The Balaban J connectivity index is 2.67. The lowest BCUT2D eigenvalue weighted by atomic mass is 10.0. The quantitative estimate of drug-likeness (QED) is 0.805. The van der Waals surface area contributed by atoms with Crippen LogP contribution in [0.4, 0.5) is 5.69 Å². The van der Waals surface area contributed by atoms with Crippen molar-refractivity contribution in [3.8, 4) is 23.1 Å². The fourth-order valence-electron chi connectivity index (χ4n) is 2.05. The van der Waals surface area contributed by atoms with E-state index in [-0.39, 0.29) is 11.7 Å². The first-order valence-electron chi connectivity index (χ1n) is 7.03. The van der Waals surface area contributed by atoms with Crippen LogP contribution in [0.25, 0.3) is 11.4 Å². The van der Waals surface area contributed by atoms with Gasteiger partial charge in [-0.1, -0.05) is 0 Å². The number of aromatic nitrogens is 2. The Kier molecular flexibility index (Phi) is 5.31. The molecule has 0 radical (unpaired) electrons. The van der Waals surface area contributed by atoms with Crippen molar-refractivity contribution in [3.05, 3.63) is 29.8 Å². The van der Waals surface area contributed by atoms with E-state index in [9.17, 15) is 9.59 Å². The third-order valence-corrected chi connectivity index (χ3v) is 3.22. The number of ether oxygens (including phenoxy) is 2. The number of anilines is 1. The third kappa shape index (κ3) is 3.60. The molecule has 1 heterocycles. The molecule has 24 heavy (non-hydrogen) atoms. The Morgan fingerprint density at radius 1 is 1.12 bits per heavy atom. The summed E-state index contributed by atoms with van der Waals surface area (Å²) in [6, 6.07) is 6.40. The van der Waals surface area contributed by atoms with Crippen LogP contribution in [-0.4, -0.2) is 55.5 Å². The van der Waals surface area contributed by atoms with Crippen LogP contribution in [0.5, 0.6) is 11.8 Å². The van der Waals surface area contributed by atoms with Crippen LogP contribution in [0.1, 0.15) is 10.4 Å². The molecule has 126 valence electrons. The molecule has 2 rings (SSSR count). The Morgan fingerprint density at radius 2 is 1.75 bits per heavy atom. The molecule has 0 aliphatic rings. The van der Waals surface area contributed by atoms with Crippen molar-refractivity contribution in [1.29, 1.82) is 0 Å². The van der Waals surface area contributed by atoms with Gasteiger partial charge in [-0.05, 0) is 18.2 Å². The fourth-order valence-corrected chi connectivity index (χ4v) is 2.05. The van der Waals surface area contributed by atoms with Gasteiger partial charge in [0.2, 0.25) is 18.2 Å². The van der Waals surface area contributed by atoms with Crippen molar-refractivity contribution >= 4 is 18.0 Å². The zero-order valence-corrected chi connectivity index (χ0v) is 13.9. The molecular formula is C16H18N4O4. The van der Waals surface area contributed by atoms with Crippen LogP contribution in [-0.2, 0) is 4.79 Å². The van der Waals surface area contributed by atoms with Crippen LogP contribution in [0.3, 0.4) is 0 Å². The summed E-state index contributed by atoms with van der Waals surface area (Å²) >= 11 is 0. The van der Waals surface area contributed by atoms with Gasteiger partial charge in [-0.2, -0.15) is 9.97 Å². The first-order valence-corrected chi connectivity index (χ1v) is 7.03. The van der Waals surface area contributed by atoms with Gasteiger partial charge in [-0.15, -0.1) is 0 Å². The van der Waals surface area contributed by atoms with E-state index in [1.165, 1.54) is 25.2 Å². The fraction of sp³-hybridized carbons (Fsp3) is 0.250. The molecule has 0 bridgehead atoms. The van der Waals surface area contributed by atoms with Gasteiger partial charge in [0.15, 0.2) is 5.82 Å². The minimum Gasteiger partial charge on any atom is -0.481 e. The molecule has 0 atom stereocenters. The van der Waals surface area contributed by atoms with Gasteiger partial charge >= 0.3 is 0 Å². The minimum atomic E-state index is -0.215. The van der Waals surface area contributed by atoms with Crippen molar-refractivity contribution in [3.63, 3.8) is 0 Å². The molecule has 8 heteroatoms. The molecule has 1 aromatic carbocycles. The standard InChI is InChI=1S/C16H18N4O4/c1-20(2)16(22)11-6-5-10(17-9-21)7-12(11)15-18-13(23-3)8-14(19-15)24-4/h5-9H,1-4H3,(H,17,21). The highest BCUT2D eigenvalue weighted by atomic mass is 16.5. The van der Waals surface area contributed by atoms with E-state index in [4.69, 9.17) is 9.47 Å². The van der Waals surface area contributed by atoms with Crippen molar-refractivity contribution < 1.29 is 19.1 Å². The van der Waals surface area contributed by atoms with E-state index < -0.39 is 0 Å². The van der Waals surface area contributed by atoms with Crippen LogP contribution in [0.15, 0.2) is 24.3 Å². The van der Waals surface area contributed by atoms with E-state index >= 15 is 0 Å². The van der Waals surface area contributed by atoms with Crippen molar-refractivity contribution in [2.75, 3.05) is 33.6 Å². The first kappa shape index (κ1) is 17.2. The van der Waals surface area contributed by atoms with E-state index in [0.29, 0.717) is 35.0 Å². The zero-order valence-electron chi connectivity index (χ0n) is 13.9. The SMILES string of the molecule is COc1cc(OC)nc(-c2cc(NC=O)ccc2C(=O)N(C)C)n1. The highest BCUT2D eigenvalue weighted by Crippen LogP contribution is 2.28. The molecule has 0 saturated carbocycles. The van der Waals surface area contributed by atoms with Gasteiger partial charge in [0.05, 0.1) is 25.8 Å². The van der Waals surface area contributed by atoms with Gasteiger partial charge < -0.3 is 19.7 Å². The second kappa shape index (κ2) is 7.40. The number of nitrogens with zero attached hydrogens (tertiary/aromatic N) is 3. The average Bonchev–Trinajstić information content (AvgIpc) is 2.60. The number of methoxy groups -OCH3 is 2. The zero-order chi connectivity index (χ0) is 17.7. The third-order valence-electron chi connectivity index (χ3n) is 3.22. The van der Waals surface area contributed by atoms with Crippen molar-refractivity contribution in [2.24, 2.45) is 0 Å². The first-order chi connectivity index (χ1) is 11.5. The minimum absolute atomic E-state index is 0.215. The second-order valence-corrected chi connectivity index (χ2v) is 5.00. The average molecular weight is 330 g/mol. The maximum atomic E-state index is 12.4. The smallest absolute Gasteiger partial charge is 0.254 e. The van der Waals surface area contributed by atoms with E-state index in [1.807, 2.05) is 0 Å². The number of amides is 2. The Morgan fingerprint density at radius 3 is 2.25 bits per heavy atom. The summed E-state index contributed by atoms with van der Waals surface area (Å²) in [5.74, 6) is 0.640. The summed E-state index contributed by atoms with van der Waals surface area (Å²) in [6.07, 6.45) is 0.555. The molecule has 0 aliphatic carbocycles. The lowest BCUT2D eigenvalue weighted by Crippen LogP contribution is -2.22. The molecule has 2 aromatic rings. The number of nitrogens with one attached hydrogen (secondary N) is 1. The largest absolute Gasteiger partial charge is 0.481 e. The van der Waals surface area contributed by atoms with Gasteiger partial charge in [0, 0.05) is 25.3 Å². The second-order valence-electron chi connectivity index (χ2n) is 5.00. The maximum absolute atomic E-state index is 12.4. The topological polar surface area (TPSA) is 93.7 Å². The molecule has 0 unspecified atom stereocenters. The van der Waals surface area contributed by atoms with Crippen molar-refractivity contribution in [1.82, 2.24) is 14.9 Å². The number of rotatable bonds is 6. The van der Waals surface area contributed by atoms with Crippen molar-refractivity contribution in [2.45, 2.75) is 0 Å². The summed E-state index contributed by atoms with van der Waals surface area (Å²) in [4.78, 5) is 33.1. The Labute approximate surface area is 139 Å². The number of hydrogen-bond donors (Lipinski definition) is 1. The highest BCUT2D eigenvalue weighted by molar-refractivity contribution is 6.00. The number of carbonyl (C=O) groups is 2. The molecule has 0 fully saturated rings. The molecule has 1 N–H and O–H groups in total. The normalized spacial score (nSPS) is 10.0. The molecule has 8 nitrogen and oxygen atoms in total. The van der Waals surface area contributed by atoms with Gasteiger partial charge in [-0.3, -0.25) is 9.59 Å². The molecule has 0 aliphatic heterocycles. The lowest BCUT2D eigenvalue weighted by molar-refractivity contribution is -0.105. The summed E-state index contributed by atoms with van der Waals surface area (Å²) in [7, 11) is 6.25. The molecule has 0 spiro atoms. The number of hydrogen-bond acceptors (Lipinski definition) is 6. The predicted molar refractivity (Wildman–Crippen MR) is 88.3 cm³/mol.